The number of carbonyl (C=O) groups is 1. The highest BCUT2D eigenvalue weighted by Crippen LogP contribution is 2.39. The number of pyridine rings is 2. The van der Waals surface area contributed by atoms with Crippen LogP contribution in [0.2, 0.25) is 5.15 Å². The van der Waals surface area contributed by atoms with E-state index >= 15 is 0 Å². The predicted octanol–water partition coefficient (Wildman–Crippen LogP) is 3.23. The van der Waals surface area contributed by atoms with Crippen molar-refractivity contribution in [3.8, 4) is 5.88 Å². The standard InChI is InChI=1S/C16H15ClN2O2/c1-9-7-12(17)19-11-3-5-16(2,15(21)14(9)11)10-4-6-18-13(20)8-10/h4,6-8H,3,5H2,1-2H3,(H,18,20). The van der Waals surface area contributed by atoms with Crippen LogP contribution in [0.4, 0.5) is 0 Å². The smallest absolute Gasteiger partial charge is 0.210 e. The molecule has 2 heterocycles. The van der Waals surface area contributed by atoms with Crippen molar-refractivity contribution in [2.24, 2.45) is 0 Å². The average molecular weight is 303 g/mol. The van der Waals surface area contributed by atoms with Gasteiger partial charge in [0.15, 0.2) is 5.78 Å². The Bertz CT molecular complexity index is 745. The number of rotatable bonds is 1. The van der Waals surface area contributed by atoms with E-state index in [1.165, 1.54) is 6.20 Å². The Hall–Kier alpha value is -1.94. The van der Waals surface area contributed by atoms with Crippen molar-refractivity contribution in [3.63, 3.8) is 0 Å². The third-order valence-corrected chi connectivity index (χ3v) is 4.43. The zero-order valence-corrected chi connectivity index (χ0v) is 12.6. The quantitative estimate of drug-likeness (QED) is 0.822. The number of hydrogen-bond acceptors (Lipinski definition) is 4. The normalized spacial score (nSPS) is 21.2. The van der Waals surface area contributed by atoms with Gasteiger partial charge >= 0.3 is 0 Å². The van der Waals surface area contributed by atoms with Crippen molar-refractivity contribution >= 4 is 17.4 Å². The summed E-state index contributed by atoms with van der Waals surface area (Å²) in [4.78, 5) is 21.1. The van der Waals surface area contributed by atoms with Gasteiger partial charge in [0.1, 0.15) is 5.15 Å². The number of aromatic nitrogens is 2. The third kappa shape index (κ3) is 2.20. The van der Waals surface area contributed by atoms with E-state index in [0.29, 0.717) is 23.6 Å². The molecule has 1 aliphatic rings. The van der Waals surface area contributed by atoms with Crippen LogP contribution in [0.5, 0.6) is 5.88 Å². The third-order valence-electron chi connectivity index (χ3n) is 4.23. The lowest BCUT2D eigenvalue weighted by molar-refractivity contribution is 0.0873. The van der Waals surface area contributed by atoms with Crippen molar-refractivity contribution in [1.29, 1.82) is 0 Å². The highest BCUT2D eigenvalue weighted by molar-refractivity contribution is 6.29. The molecule has 0 saturated heterocycles. The molecule has 5 heteroatoms. The number of ketones is 1. The SMILES string of the molecule is Cc1cc(Cl)nc2c1C(=O)C(C)(c1ccnc(O)c1)CC2. The van der Waals surface area contributed by atoms with Gasteiger partial charge in [-0.25, -0.2) is 9.97 Å². The fourth-order valence-corrected chi connectivity index (χ4v) is 3.25. The van der Waals surface area contributed by atoms with Gasteiger partial charge in [0, 0.05) is 17.8 Å². The lowest BCUT2D eigenvalue weighted by atomic mass is 9.68. The maximum Gasteiger partial charge on any atom is 0.210 e. The Labute approximate surface area is 127 Å². The highest BCUT2D eigenvalue weighted by atomic mass is 35.5. The second-order valence-corrected chi connectivity index (χ2v) is 6.03. The summed E-state index contributed by atoms with van der Waals surface area (Å²) in [5.74, 6) is -0.0470. The summed E-state index contributed by atoms with van der Waals surface area (Å²) in [7, 11) is 0. The number of nitrogens with zero attached hydrogens (tertiary/aromatic N) is 2. The molecule has 1 atom stereocenters. The molecule has 2 aromatic rings. The van der Waals surface area contributed by atoms with Gasteiger partial charge in [0.05, 0.1) is 11.1 Å². The molecule has 0 fully saturated rings. The Balaban J connectivity index is 2.14. The van der Waals surface area contributed by atoms with E-state index in [0.717, 1.165) is 16.8 Å². The van der Waals surface area contributed by atoms with Crippen molar-refractivity contribution < 1.29 is 9.90 Å². The maximum atomic E-state index is 13.0. The fourth-order valence-electron chi connectivity index (χ4n) is 2.98. The van der Waals surface area contributed by atoms with Crippen molar-refractivity contribution in [2.45, 2.75) is 32.1 Å². The molecule has 2 aromatic heterocycles. The van der Waals surface area contributed by atoms with Crippen molar-refractivity contribution in [2.75, 3.05) is 0 Å². The molecule has 0 bridgehead atoms. The van der Waals surface area contributed by atoms with Gasteiger partial charge in [0.2, 0.25) is 5.88 Å². The molecule has 0 amide bonds. The number of aromatic hydroxyl groups is 1. The number of carbonyl (C=O) groups excluding carboxylic acids is 1. The molecule has 1 N–H and O–H groups in total. The Kier molecular flexibility index (Phi) is 3.21. The number of aryl methyl sites for hydroxylation is 2. The molecule has 21 heavy (non-hydrogen) atoms. The minimum Gasteiger partial charge on any atom is -0.493 e. The average Bonchev–Trinajstić information content (AvgIpc) is 2.42. The van der Waals surface area contributed by atoms with Gasteiger partial charge in [0.25, 0.3) is 0 Å². The highest BCUT2D eigenvalue weighted by Gasteiger charge is 2.41. The van der Waals surface area contributed by atoms with Crippen LogP contribution in [-0.2, 0) is 11.8 Å². The van der Waals surface area contributed by atoms with Crippen LogP contribution in [0, 0.1) is 6.92 Å². The first-order valence-electron chi connectivity index (χ1n) is 6.78. The monoisotopic (exact) mass is 302 g/mol. The van der Waals surface area contributed by atoms with Gasteiger partial charge in [-0.15, -0.1) is 0 Å². The summed E-state index contributed by atoms with van der Waals surface area (Å²) in [6, 6.07) is 5.05. The van der Waals surface area contributed by atoms with Gasteiger partial charge in [-0.05, 0) is 49.9 Å². The lowest BCUT2D eigenvalue weighted by Crippen LogP contribution is -2.38. The van der Waals surface area contributed by atoms with Crippen molar-refractivity contribution in [1.82, 2.24) is 9.97 Å². The van der Waals surface area contributed by atoms with Crippen LogP contribution in [0.25, 0.3) is 0 Å². The first kappa shape index (κ1) is 14.0. The minimum absolute atomic E-state index is 0.0241. The van der Waals surface area contributed by atoms with E-state index in [1.807, 2.05) is 13.8 Å². The maximum absolute atomic E-state index is 13.0. The van der Waals surface area contributed by atoms with Crippen LogP contribution < -0.4 is 0 Å². The fraction of sp³-hybridized carbons (Fsp3) is 0.312. The second kappa shape index (κ2) is 4.81. The zero-order valence-electron chi connectivity index (χ0n) is 11.9. The van der Waals surface area contributed by atoms with Crippen LogP contribution in [0.15, 0.2) is 24.4 Å². The molecule has 0 aliphatic heterocycles. The molecule has 1 unspecified atom stereocenters. The lowest BCUT2D eigenvalue weighted by Gasteiger charge is -2.34. The summed E-state index contributed by atoms with van der Waals surface area (Å²) in [5.41, 5.74) is 2.37. The number of Topliss-reactive ketones (excluding diaryl/α,β-unsaturated/α-hetero) is 1. The topological polar surface area (TPSA) is 63.1 Å². The van der Waals surface area contributed by atoms with Crippen LogP contribution in [-0.4, -0.2) is 20.9 Å². The predicted molar refractivity (Wildman–Crippen MR) is 79.9 cm³/mol. The molecule has 4 nitrogen and oxygen atoms in total. The summed E-state index contributed by atoms with van der Waals surface area (Å²) >= 11 is 5.97. The molecule has 0 aromatic carbocycles. The first-order valence-corrected chi connectivity index (χ1v) is 7.16. The van der Waals surface area contributed by atoms with E-state index in [9.17, 15) is 9.90 Å². The molecule has 0 saturated carbocycles. The number of hydrogen-bond donors (Lipinski definition) is 1. The molecule has 0 spiro atoms. The molecule has 1 aliphatic carbocycles. The Morgan fingerprint density at radius 1 is 1.38 bits per heavy atom. The first-order chi connectivity index (χ1) is 9.91. The summed E-state index contributed by atoms with van der Waals surface area (Å²) < 4.78 is 0. The van der Waals surface area contributed by atoms with E-state index < -0.39 is 5.41 Å². The van der Waals surface area contributed by atoms with Crippen LogP contribution in [0.3, 0.4) is 0 Å². The minimum atomic E-state index is -0.673. The summed E-state index contributed by atoms with van der Waals surface area (Å²) in [6.45, 7) is 3.78. The van der Waals surface area contributed by atoms with Gasteiger partial charge in [-0.3, -0.25) is 4.79 Å². The Morgan fingerprint density at radius 2 is 2.14 bits per heavy atom. The molecule has 108 valence electrons. The van der Waals surface area contributed by atoms with Gasteiger partial charge in [-0.1, -0.05) is 11.6 Å². The van der Waals surface area contributed by atoms with Gasteiger partial charge in [-0.2, -0.15) is 0 Å². The van der Waals surface area contributed by atoms with Crippen LogP contribution >= 0.6 is 11.6 Å². The Morgan fingerprint density at radius 3 is 2.86 bits per heavy atom. The molecule has 0 radical (unpaired) electrons. The van der Waals surface area contributed by atoms with E-state index in [-0.39, 0.29) is 11.7 Å². The van der Waals surface area contributed by atoms with E-state index in [1.54, 1.807) is 18.2 Å². The molecular formula is C16H15ClN2O2. The number of fused-ring (bicyclic) bond motifs is 1. The number of halogens is 1. The van der Waals surface area contributed by atoms with Gasteiger partial charge < -0.3 is 5.11 Å². The summed E-state index contributed by atoms with van der Waals surface area (Å²) in [6.07, 6.45) is 2.84. The van der Waals surface area contributed by atoms with Crippen molar-refractivity contribution in [3.05, 3.63) is 51.9 Å². The molecule has 3 rings (SSSR count). The van der Waals surface area contributed by atoms with E-state index in [4.69, 9.17) is 11.6 Å². The van der Waals surface area contributed by atoms with Crippen LogP contribution in [0.1, 0.15) is 40.5 Å². The zero-order chi connectivity index (χ0) is 15.2. The summed E-state index contributed by atoms with van der Waals surface area (Å²) in [5, 5.41) is 10.00. The molecular weight excluding hydrogens is 288 g/mol. The van der Waals surface area contributed by atoms with E-state index in [2.05, 4.69) is 9.97 Å². The second-order valence-electron chi connectivity index (χ2n) is 5.65. The largest absolute Gasteiger partial charge is 0.493 e.